The average Bonchev–Trinajstić information content (AvgIpc) is 3.27. The molecule has 0 spiro atoms. The van der Waals surface area contributed by atoms with Crippen LogP contribution in [-0.2, 0) is 12.5 Å². The van der Waals surface area contributed by atoms with Crippen LogP contribution < -0.4 is 10.9 Å². The summed E-state index contributed by atoms with van der Waals surface area (Å²) in [6.07, 6.45) is 4.05. The fourth-order valence-corrected chi connectivity index (χ4v) is 5.35. The van der Waals surface area contributed by atoms with Crippen molar-refractivity contribution in [2.24, 2.45) is 5.92 Å². The number of hydrogen-bond acceptors (Lipinski definition) is 5. The van der Waals surface area contributed by atoms with E-state index in [1.165, 1.54) is 18.5 Å². The number of benzene rings is 1. The number of anilines is 1. The van der Waals surface area contributed by atoms with Crippen molar-refractivity contribution in [1.29, 1.82) is 0 Å². The van der Waals surface area contributed by atoms with Crippen LogP contribution in [0.1, 0.15) is 55.8 Å². The number of pyridine rings is 1. The minimum absolute atomic E-state index is 0.0424. The lowest BCUT2D eigenvalue weighted by Crippen LogP contribution is -2.41. The third kappa shape index (κ3) is 3.69. The molecule has 35 heavy (non-hydrogen) atoms. The molecular weight excluding hydrogens is 464 g/mol. The number of aromatic nitrogens is 3. The van der Waals surface area contributed by atoms with E-state index in [0.717, 1.165) is 19.9 Å². The summed E-state index contributed by atoms with van der Waals surface area (Å²) < 4.78 is 60.4. The summed E-state index contributed by atoms with van der Waals surface area (Å²) in [6.45, 7) is 3.31. The highest BCUT2D eigenvalue weighted by atomic mass is 19.3. The van der Waals surface area contributed by atoms with E-state index in [2.05, 4.69) is 15.3 Å². The Bertz CT molecular complexity index is 1380. The molecule has 3 fully saturated rings. The zero-order valence-electron chi connectivity index (χ0n) is 19.6. The molecule has 2 N–H and O–H groups in total. The number of nitrogens with zero attached hydrogens (tertiary/aromatic N) is 3. The van der Waals surface area contributed by atoms with Crippen LogP contribution in [0.2, 0.25) is 0 Å². The Hall–Kier alpha value is -3.01. The van der Waals surface area contributed by atoms with Gasteiger partial charge in [-0.3, -0.25) is 4.79 Å². The molecule has 6 rings (SSSR count). The van der Waals surface area contributed by atoms with Crippen LogP contribution in [0.3, 0.4) is 0 Å². The van der Waals surface area contributed by atoms with Gasteiger partial charge in [-0.05, 0) is 45.6 Å². The lowest BCUT2D eigenvalue weighted by Gasteiger charge is -2.30. The summed E-state index contributed by atoms with van der Waals surface area (Å²) in [5, 5.41) is 13.3. The number of rotatable bonds is 6. The van der Waals surface area contributed by atoms with Crippen molar-refractivity contribution >= 4 is 16.7 Å². The third-order valence-corrected chi connectivity index (χ3v) is 7.43. The van der Waals surface area contributed by atoms with Gasteiger partial charge in [0.25, 0.3) is 5.56 Å². The van der Waals surface area contributed by atoms with Gasteiger partial charge < -0.3 is 15.0 Å². The maximum absolute atomic E-state index is 15.0. The maximum Gasteiger partial charge on any atom is 0.303 e. The van der Waals surface area contributed by atoms with Gasteiger partial charge in [-0.15, -0.1) is 0 Å². The van der Waals surface area contributed by atoms with Gasteiger partial charge in [0.15, 0.2) is 0 Å². The Labute approximate surface area is 199 Å². The first-order valence-electron chi connectivity index (χ1n) is 11.5. The zero-order chi connectivity index (χ0) is 25.3. The molecule has 1 unspecified atom stereocenters. The van der Waals surface area contributed by atoms with E-state index in [1.54, 1.807) is 17.7 Å². The first kappa shape index (κ1) is 23.7. The second-order valence-electron chi connectivity index (χ2n) is 10.3. The molecule has 3 aliphatic carbocycles. The first-order valence-corrected chi connectivity index (χ1v) is 11.5. The largest absolute Gasteiger partial charge is 0.384 e. The molecule has 3 aliphatic rings. The highest BCUT2D eigenvalue weighted by molar-refractivity contribution is 5.90. The molecule has 6 nitrogen and oxygen atoms in total. The summed E-state index contributed by atoms with van der Waals surface area (Å²) in [6, 6.07) is 3.36. The van der Waals surface area contributed by atoms with Crippen LogP contribution in [-0.4, -0.2) is 30.9 Å². The molecule has 1 aromatic carbocycles. The lowest BCUT2D eigenvalue weighted by atomic mass is 9.81. The van der Waals surface area contributed by atoms with Gasteiger partial charge in [0, 0.05) is 36.3 Å². The van der Waals surface area contributed by atoms with E-state index >= 15 is 4.39 Å². The van der Waals surface area contributed by atoms with Crippen LogP contribution in [0.4, 0.5) is 23.4 Å². The quantitative estimate of drug-likeness (QED) is 0.487. The predicted molar refractivity (Wildman–Crippen MR) is 123 cm³/mol. The molecular formula is C25H26F4N4O2. The molecule has 0 radical (unpaired) electrons. The van der Waals surface area contributed by atoms with E-state index in [9.17, 15) is 23.1 Å². The summed E-state index contributed by atoms with van der Waals surface area (Å²) in [4.78, 5) is 21.4. The molecule has 2 bridgehead atoms. The smallest absolute Gasteiger partial charge is 0.303 e. The molecule has 3 aromatic rings. The van der Waals surface area contributed by atoms with Crippen molar-refractivity contribution in [2.75, 3.05) is 5.32 Å². The number of aryl methyl sites for hydroxylation is 1. The Balaban J connectivity index is 1.49. The number of alkyl halides is 3. The minimum atomic E-state index is -3.81. The van der Waals surface area contributed by atoms with Crippen LogP contribution in [0.25, 0.3) is 10.9 Å². The SMILES string of the molecule is Cc1c(=O)n(C2CC3(F)CC2C3)cc2c(NCc3cccc(C(F)(F)C(C)(C)O)c3F)ncnc12. The van der Waals surface area contributed by atoms with Crippen molar-refractivity contribution in [3.63, 3.8) is 0 Å². The molecule has 0 aliphatic heterocycles. The van der Waals surface area contributed by atoms with Crippen molar-refractivity contribution in [3.05, 3.63) is 63.6 Å². The van der Waals surface area contributed by atoms with Crippen LogP contribution in [0.5, 0.6) is 0 Å². The minimum Gasteiger partial charge on any atom is -0.384 e. The zero-order valence-corrected chi connectivity index (χ0v) is 19.6. The van der Waals surface area contributed by atoms with Gasteiger partial charge in [0.2, 0.25) is 0 Å². The molecule has 10 heteroatoms. The number of fused-ring (bicyclic) bond motifs is 2. The third-order valence-electron chi connectivity index (χ3n) is 7.43. The van der Waals surface area contributed by atoms with Crippen LogP contribution >= 0.6 is 0 Å². The monoisotopic (exact) mass is 490 g/mol. The van der Waals surface area contributed by atoms with Gasteiger partial charge >= 0.3 is 5.92 Å². The Morgan fingerprint density at radius 2 is 1.94 bits per heavy atom. The first-order chi connectivity index (χ1) is 16.3. The van der Waals surface area contributed by atoms with E-state index in [4.69, 9.17) is 0 Å². The molecule has 1 atom stereocenters. The predicted octanol–water partition coefficient (Wildman–Crippen LogP) is 4.78. The van der Waals surface area contributed by atoms with Gasteiger partial charge in [0.05, 0.1) is 16.5 Å². The maximum atomic E-state index is 15.0. The second kappa shape index (κ2) is 7.74. The topological polar surface area (TPSA) is 80.0 Å². The number of halogens is 4. The second-order valence-corrected chi connectivity index (χ2v) is 10.3. The van der Waals surface area contributed by atoms with E-state index in [-0.39, 0.29) is 36.0 Å². The van der Waals surface area contributed by atoms with Gasteiger partial charge in [0.1, 0.15) is 29.2 Å². The summed E-state index contributed by atoms with van der Waals surface area (Å²) in [5.41, 5.74) is -4.05. The molecule has 0 saturated heterocycles. The summed E-state index contributed by atoms with van der Waals surface area (Å²) >= 11 is 0. The van der Waals surface area contributed by atoms with E-state index < -0.39 is 28.6 Å². The summed E-state index contributed by atoms with van der Waals surface area (Å²) in [5.74, 6) is -4.54. The fraction of sp³-hybridized carbons (Fsp3) is 0.480. The van der Waals surface area contributed by atoms with Gasteiger partial charge in [-0.1, -0.05) is 12.1 Å². The fourth-order valence-electron chi connectivity index (χ4n) is 5.35. The Kier molecular flexibility index (Phi) is 5.25. The summed E-state index contributed by atoms with van der Waals surface area (Å²) in [7, 11) is 0. The van der Waals surface area contributed by atoms with Gasteiger partial charge in [-0.25, -0.2) is 18.7 Å². The van der Waals surface area contributed by atoms with E-state index in [0.29, 0.717) is 35.1 Å². The molecule has 0 amide bonds. The standard InChI is InChI=1S/C25H26F4N4O2/c1-13-20-16(11-33(22(13)34)18-9-24(27)7-15(18)8-24)21(32-12-31-20)30-10-14-5-4-6-17(19(14)26)25(28,29)23(2,3)35/h4-6,11-12,15,18,35H,7-10H2,1-3H3,(H,30,31,32). The van der Waals surface area contributed by atoms with Crippen molar-refractivity contribution in [2.45, 2.75) is 69.8 Å². The average molecular weight is 491 g/mol. The lowest BCUT2D eigenvalue weighted by molar-refractivity contribution is -0.170. The molecule has 186 valence electrons. The Morgan fingerprint density at radius 1 is 1.23 bits per heavy atom. The van der Waals surface area contributed by atoms with Crippen molar-refractivity contribution in [1.82, 2.24) is 14.5 Å². The van der Waals surface area contributed by atoms with Crippen LogP contribution in [0.15, 0.2) is 35.5 Å². The normalized spacial score (nSPS) is 24.0. The number of aliphatic hydroxyl groups is 1. The Morgan fingerprint density at radius 3 is 2.57 bits per heavy atom. The highest BCUT2D eigenvalue weighted by Crippen LogP contribution is 2.59. The number of hydrogen-bond donors (Lipinski definition) is 2. The van der Waals surface area contributed by atoms with Gasteiger partial charge in [-0.2, -0.15) is 8.78 Å². The van der Waals surface area contributed by atoms with Crippen molar-refractivity contribution < 1.29 is 22.7 Å². The van der Waals surface area contributed by atoms with Crippen molar-refractivity contribution in [3.8, 4) is 0 Å². The van der Waals surface area contributed by atoms with Crippen LogP contribution in [0, 0.1) is 18.7 Å². The molecule has 3 saturated carbocycles. The highest BCUT2D eigenvalue weighted by Gasteiger charge is 2.57. The number of nitrogens with one attached hydrogen (secondary N) is 1. The molecule has 2 aromatic heterocycles. The molecule has 2 heterocycles. The van der Waals surface area contributed by atoms with E-state index in [1.807, 2.05) is 0 Å².